The highest BCUT2D eigenvalue weighted by Crippen LogP contribution is 2.27. The molecule has 2 heterocycles. The second-order valence-corrected chi connectivity index (χ2v) is 8.82. The summed E-state index contributed by atoms with van der Waals surface area (Å²) in [4.78, 5) is 33.3. The molecular formula is C22H33ClF2N4O3. The van der Waals surface area contributed by atoms with Crippen LogP contribution in [0.5, 0.6) is 0 Å². The fourth-order valence-electron chi connectivity index (χ4n) is 3.54. The number of carbonyl (C=O) groups is 2. The number of halogens is 3. The summed E-state index contributed by atoms with van der Waals surface area (Å²) in [5.74, 6) is -1.88. The number of amides is 2. The van der Waals surface area contributed by atoms with E-state index in [2.05, 4.69) is 9.88 Å². The summed E-state index contributed by atoms with van der Waals surface area (Å²) < 4.78 is 31.1. The second-order valence-electron chi connectivity index (χ2n) is 8.47. The lowest BCUT2D eigenvalue weighted by atomic mass is 9.92. The third-order valence-electron chi connectivity index (χ3n) is 5.75. The molecule has 0 saturated carbocycles. The van der Waals surface area contributed by atoms with Crippen LogP contribution in [0.15, 0.2) is 12.1 Å². The Balaban J connectivity index is 1.74. The topological polar surface area (TPSA) is 66.0 Å². The van der Waals surface area contributed by atoms with E-state index in [-0.39, 0.29) is 17.5 Å². The first kappa shape index (κ1) is 26.1. The number of ether oxygens (including phenoxy) is 1. The van der Waals surface area contributed by atoms with Gasteiger partial charge in [-0.15, -0.1) is 0 Å². The predicted molar refractivity (Wildman–Crippen MR) is 121 cm³/mol. The van der Waals surface area contributed by atoms with E-state index in [1.165, 1.54) is 16.7 Å². The van der Waals surface area contributed by atoms with Crippen LogP contribution in [0.25, 0.3) is 0 Å². The van der Waals surface area contributed by atoms with Crippen molar-refractivity contribution in [3.05, 3.63) is 22.8 Å². The van der Waals surface area contributed by atoms with Crippen molar-refractivity contribution in [3.63, 3.8) is 0 Å². The van der Waals surface area contributed by atoms with Crippen LogP contribution in [0.2, 0.25) is 5.15 Å². The molecule has 0 bridgehead atoms. The van der Waals surface area contributed by atoms with Gasteiger partial charge >= 0.3 is 6.09 Å². The molecule has 1 aromatic heterocycles. The Labute approximate surface area is 193 Å². The zero-order valence-electron chi connectivity index (χ0n) is 19.2. The van der Waals surface area contributed by atoms with Gasteiger partial charge in [-0.3, -0.25) is 4.79 Å². The number of nitrogens with zero attached hydrogens (tertiary/aromatic N) is 4. The summed E-state index contributed by atoms with van der Waals surface area (Å²) in [6.45, 7) is 2.61. The lowest BCUT2D eigenvalue weighted by Crippen LogP contribution is -2.35. The van der Waals surface area contributed by atoms with Gasteiger partial charge in [-0.05, 0) is 43.7 Å². The van der Waals surface area contributed by atoms with Crippen LogP contribution in [0.1, 0.15) is 49.4 Å². The molecule has 1 fully saturated rings. The Bertz CT molecular complexity index is 786. The largest absolute Gasteiger partial charge is 0.443 e. The molecule has 1 aliphatic rings. The third-order valence-corrected chi connectivity index (χ3v) is 6.04. The predicted octanol–water partition coefficient (Wildman–Crippen LogP) is 4.55. The van der Waals surface area contributed by atoms with E-state index in [0.717, 1.165) is 44.6 Å². The molecule has 0 radical (unpaired) electrons. The van der Waals surface area contributed by atoms with Crippen molar-refractivity contribution in [1.82, 2.24) is 14.8 Å². The number of carbonyl (C=O) groups excluding carboxylic acids is 2. The number of rotatable bonds is 9. The monoisotopic (exact) mass is 474 g/mol. The van der Waals surface area contributed by atoms with E-state index >= 15 is 0 Å². The lowest BCUT2D eigenvalue weighted by molar-refractivity contribution is -0.0617. The molecule has 1 saturated heterocycles. The van der Waals surface area contributed by atoms with E-state index in [1.54, 1.807) is 27.2 Å². The van der Waals surface area contributed by atoms with Crippen LogP contribution < -0.4 is 4.90 Å². The maximum atomic E-state index is 13.2. The van der Waals surface area contributed by atoms with Gasteiger partial charge in [0, 0.05) is 47.2 Å². The van der Waals surface area contributed by atoms with Crippen molar-refractivity contribution in [2.45, 2.75) is 45.0 Å². The first-order valence-corrected chi connectivity index (χ1v) is 11.3. The average Bonchev–Trinajstić information content (AvgIpc) is 2.77. The number of piperidine rings is 1. The van der Waals surface area contributed by atoms with Crippen molar-refractivity contribution in [1.29, 1.82) is 0 Å². The van der Waals surface area contributed by atoms with Crippen molar-refractivity contribution in [2.75, 3.05) is 52.3 Å². The Morgan fingerprint density at radius 3 is 2.47 bits per heavy atom. The van der Waals surface area contributed by atoms with Gasteiger partial charge in [0.05, 0.1) is 5.56 Å². The molecule has 0 aliphatic carbocycles. The summed E-state index contributed by atoms with van der Waals surface area (Å²) in [5.41, 5.74) is 0.386. The van der Waals surface area contributed by atoms with Crippen LogP contribution in [0.4, 0.5) is 19.4 Å². The number of alkyl halides is 2. The van der Waals surface area contributed by atoms with E-state index in [0.29, 0.717) is 18.0 Å². The third kappa shape index (κ3) is 7.46. The van der Waals surface area contributed by atoms with Crippen molar-refractivity contribution >= 4 is 29.4 Å². The summed E-state index contributed by atoms with van der Waals surface area (Å²) in [7, 11) is 4.90. The smallest absolute Gasteiger partial charge is 0.409 e. The Morgan fingerprint density at radius 2 is 1.91 bits per heavy atom. The number of hydrogen-bond acceptors (Lipinski definition) is 5. The first-order chi connectivity index (χ1) is 15.0. The molecule has 0 aromatic carbocycles. The minimum absolute atomic E-state index is 0.180. The van der Waals surface area contributed by atoms with Gasteiger partial charge in [0.25, 0.3) is 11.8 Å². The zero-order valence-corrected chi connectivity index (χ0v) is 20.0. The maximum absolute atomic E-state index is 13.2. The fraction of sp³-hybridized carbons (Fsp3) is 0.682. The van der Waals surface area contributed by atoms with E-state index < -0.39 is 18.6 Å². The highest BCUT2D eigenvalue weighted by atomic mass is 35.5. The number of anilines is 1. The molecule has 0 N–H and O–H groups in total. The molecule has 0 spiro atoms. The molecule has 180 valence electrons. The quantitative estimate of drug-likeness (QED) is 0.491. The van der Waals surface area contributed by atoms with Crippen molar-refractivity contribution in [2.24, 2.45) is 5.92 Å². The average molecular weight is 475 g/mol. The van der Waals surface area contributed by atoms with E-state index in [9.17, 15) is 18.4 Å². The van der Waals surface area contributed by atoms with Gasteiger partial charge in [0.2, 0.25) is 0 Å². The fourth-order valence-corrected chi connectivity index (χ4v) is 3.77. The zero-order chi connectivity index (χ0) is 23.9. The van der Waals surface area contributed by atoms with E-state index in [1.807, 2.05) is 6.07 Å². The Hall–Kier alpha value is -2.16. The van der Waals surface area contributed by atoms with Crippen LogP contribution in [-0.4, -0.2) is 80.1 Å². The van der Waals surface area contributed by atoms with Crippen LogP contribution in [0.3, 0.4) is 0 Å². The summed E-state index contributed by atoms with van der Waals surface area (Å²) in [6, 6.07) is 3.54. The van der Waals surface area contributed by atoms with Crippen LogP contribution in [-0.2, 0) is 4.74 Å². The molecular weight excluding hydrogens is 442 g/mol. The molecule has 2 rings (SSSR count). The highest BCUT2D eigenvalue weighted by Gasteiger charge is 2.29. The van der Waals surface area contributed by atoms with Gasteiger partial charge in [0.1, 0.15) is 11.0 Å². The van der Waals surface area contributed by atoms with Crippen molar-refractivity contribution in [3.8, 4) is 0 Å². The lowest BCUT2D eigenvalue weighted by Gasteiger charge is -2.33. The van der Waals surface area contributed by atoms with Crippen LogP contribution in [0, 0.1) is 5.92 Å². The van der Waals surface area contributed by atoms with Crippen LogP contribution >= 0.6 is 11.6 Å². The summed E-state index contributed by atoms with van der Waals surface area (Å²) in [5, 5.41) is 0.204. The van der Waals surface area contributed by atoms with Gasteiger partial charge in [-0.25, -0.2) is 18.6 Å². The molecule has 0 atom stereocenters. The summed E-state index contributed by atoms with van der Waals surface area (Å²) >= 11 is 6.23. The first-order valence-electron chi connectivity index (χ1n) is 10.9. The standard InChI is InChI=1S/C22H33ClF2N4O3/c1-5-22(24,25)15-32-21(31)28(4)12-6-7-16-10-13-29(14-11-16)18-9-8-17(19(23)26-18)20(30)27(2)3/h8-9,16H,5-7,10-15H2,1-4H3. The Morgan fingerprint density at radius 1 is 1.25 bits per heavy atom. The van der Waals surface area contributed by atoms with Crippen molar-refractivity contribution < 1.29 is 23.1 Å². The van der Waals surface area contributed by atoms with Gasteiger partial charge < -0.3 is 19.4 Å². The second kappa shape index (κ2) is 11.6. The maximum Gasteiger partial charge on any atom is 0.409 e. The SMILES string of the molecule is CCC(F)(F)COC(=O)N(C)CCCC1CCN(c2ccc(C(=O)N(C)C)c(Cl)n2)CC1. The van der Waals surface area contributed by atoms with Gasteiger partial charge in [-0.2, -0.15) is 0 Å². The normalized spacial score (nSPS) is 14.9. The minimum atomic E-state index is -2.98. The van der Waals surface area contributed by atoms with E-state index in [4.69, 9.17) is 16.3 Å². The minimum Gasteiger partial charge on any atom is -0.443 e. The molecule has 32 heavy (non-hydrogen) atoms. The molecule has 2 amide bonds. The molecule has 10 heteroatoms. The molecule has 1 aromatic rings. The Kier molecular flexibility index (Phi) is 9.48. The molecule has 0 unspecified atom stereocenters. The molecule has 1 aliphatic heterocycles. The highest BCUT2D eigenvalue weighted by molar-refractivity contribution is 6.32. The number of hydrogen-bond donors (Lipinski definition) is 0. The summed E-state index contributed by atoms with van der Waals surface area (Å²) in [6.07, 6.45) is 2.62. The molecule has 7 nitrogen and oxygen atoms in total. The van der Waals surface area contributed by atoms with Gasteiger partial charge in [-0.1, -0.05) is 18.5 Å². The number of pyridine rings is 1. The number of aromatic nitrogens is 1. The van der Waals surface area contributed by atoms with Gasteiger partial charge in [0.15, 0.2) is 6.61 Å².